The number of hydrogen-bond donors (Lipinski definition) is 2. The third-order valence-corrected chi connectivity index (χ3v) is 6.25. The molecule has 0 unspecified atom stereocenters. The van der Waals surface area contributed by atoms with E-state index in [1.807, 2.05) is 36.4 Å². The van der Waals surface area contributed by atoms with Crippen LogP contribution in [0, 0.1) is 6.92 Å². The molecule has 39 heavy (non-hydrogen) atoms. The molecule has 4 aromatic carbocycles. The average Bonchev–Trinajstić information content (AvgIpc) is 2.94. The summed E-state index contributed by atoms with van der Waals surface area (Å²) in [4.78, 5) is 21.6. The van der Waals surface area contributed by atoms with E-state index in [9.17, 15) is 14.7 Å². The first kappa shape index (κ1) is 28.7. The summed E-state index contributed by atoms with van der Waals surface area (Å²) in [5.41, 5.74) is 5.21. The quantitative estimate of drug-likeness (QED) is 0.143. The van der Waals surface area contributed by atoms with E-state index in [-0.39, 0.29) is 11.7 Å². The van der Waals surface area contributed by atoms with Crippen LogP contribution in [0.25, 0.3) is 33.7 Å². The number of ether oxygens (including phenoxy) is 1. The number of hydrogen-bond acceptors (Lipinski definition) is 4. The molecule has 0 atom stereocenters. The zero-order valence-electron chi connectivity index (χ0n) is 22.2. The van der Waals surface area contributed by atoms with Crippen LogP contribution in [0.15, 0.2) is 98.1 Å². The summed E-state index contributed by atoms with van der Waals surface area (Å²) in [6.45, 7) is 9.61. The number of fused-ring (bicyclic) bond motifs is 2. The number of carbonyl (C=O) groups excluding carboxylic acids is 1. The summed E-state index contributed by atoms with van der Waals surface area (Å²) in [7, 11) is 1.37. The van der Waals surface area contributed by atoms with Crippen molar-refractivity contribution in [2.75, 3.05) is 7.11 Å². The second-order valence-electron chi connectivity index (χ2n) is 8.90. The highest BCUT2D eigenvalue weighted by molar-refractivity contribution is 5.92. The first-order chi connectivity index (χ1) is 18.8. The third-order valence-electron chi connectivity index (χ3n) is 6.25. The van der Waals surface area contributed by atoms with Crippen molar-refractivity contribution < 1.29 is 24.5 Å². The lowest BCUT2D eigenvalue weighted by Crippen LogP contribution is -1.93. The molecule has 0 bridgehead atoms. The minimum Gasteiger partial charge on any atom is -0.508 e. The number of allylic oxidation sites excluding steroid dienone is 2. The number of phenolic OH excluding ortho intramolecular Hbond substituents is 1. The first-order valence-corrected chi connectivity index (χ1v) is 12.4. The standard InChI is InChI=1S/C18H18O2.C16H14O3/c1-4-5-16-13(2)6-9-15-12-14(7-10-17(15)16)8-11-18(19)20-3;1-2-3-14-13-7-4-11(5-9-16(18)19)10-12(13)6-8-15(14)17/h4,6-12H,1,5H2,2-3H3;2,4-10,17H,1,3H2,(H,18,19)/b11-8+;9-5+. The molecule has 4 aromatic rings. The second kappa shape index (κ2) is 13.6. The molecule has 0 fully saturated rings. The number of esters is 1. The van der Waals surface area contributed by atoms with Crippen LogP contribution in [0.4, 0.5) is 0 Å². The Kier molecular flexibility index (Phi) is 9.99. The van der Waals surface area contributed by atoms with Gasteiger partial charge in [-0.25, -0.2) is 9.59 Å². The Balaban J connectivity index is 0.000000216. The second-order valence-corrected chi connectivity index (χ2v) is 8.90. The number of benzene rings is 4. The lowest BCUT2D eigenvalue weighted by atomic mass is 9.96. The minimum atomic E-state index is -0.974. The number of aryl methyl sites for hydroxylation is 1. The van der Waals surface area contributed by atoms with E-state index in [1.165, 1.54) is 35.1 Å². The van der Waals surface area contributed by atoms with Gasteiger partial charge in [0.05, 0.1) is 7.11 Å². The van der Waals surface area contributed by atoms with Gasteiger partial charge in [0.25, 0.3) is 0 Å². The van der Waals surface area contributed by atoms with Gasteiger partial charge < -0.3 is 14.9 Å². The Hall–Kier alpha value is -4.90. The first-order valence-electron chi connectivity index (χ1n) is 12.4. The fourth-order valence-corrected chi connectivity index (χ4v) is 4.30. The van der Waals surface area contributed by atoms with Gasteiger partial charge in [0.1, 0.15) is 5.75 Å². The van der Waals surface area contributed by atoms with Gasteiger partial charge >= 0.3 is 11.9 Å². The highest BCUT2D eigenvalue weighted by Crippen LogP contribution is 2.29. The van der Waals surface area contributed by atoms with E-state index < -0.39 is 5.97 Å². The lowest BCUT2D eigenvalue weighted by molar-refractivity contribution is -0.135. The van der Waals surface area contributed by atoms with Crippen LogP contribution in [-0.2, 0) is 27.2 Å². The summed E-state index contributed by atoms with van der Waals surface area (Å²) in [5.74, 6) is -1.07. The van der Waals surface area contributed by atoms with Crippen LogP contribution in [0.3, 0.4) is 0 Å². The molecule has 0 amide bonds. The van der Waals surface area contributed by atoms with E-state index in [0.29, 0.717) is 6.42 Å². The van der Waals surface area contributed by atoms with Gasteiger partial charge in [0.2, 0.25) is 0 Å². The van der Waals surface area contributed by atoms with Crippen LogP contribution >= 0.6 is 0 Å². The van der Waals surface area contributed by atoms with Crippen LogP contribution < -0.4 is 0 Å². The minimum absolute atomic E-state index is 0.251. The molecule has 0 aliphatic rings. The highest BCUT2D eigenvalue weighted by Gasteiger charge is 2.06. The normalized spacial score (nSPS) is 10.9. The Morgan fingerprint density at radius 3 is 1.90 bits per heavy atom. The van der Waals surface area contributed by atoms with Crippen molar-refractivity contribution in [3.05, 3.63) is 126 Å². The molecule has 0 heterocycles. The number of carboxylic acids is 1. The summed E-state index contributed by atoms with van der Waals surface area (Å²) in [6.07, 6.45) is 11.0. The Bertz CT molecular complexity index is 1590. The fourth-order valence-electron chi connectivity index (χ4n) is 4.30. The Morgan fingerprint density at radius 1 is 0.795 bits per heavy atom. The van der Waals surface area contributed by atoms with E-state index in [1.54, 1.807) is 24.3 Å². The maximum absolute atomic E-state index is 11.1. The summed E-state index contributed by atoms with van der Waals surface area (Å²) in [6, 6.07) is 19.5. The van der Waals surface area contributed by atoms with Crippen molar-refractivity contribution in [2.24, 2.45) is 0 Å². The molecule has 0 aromatic heterocycles. The zero-order valence-corrected chi connectivity index (χ0v) is 22.2. The molecular weight excluding hydrogens is 488 g/mol. The Labute approximate surface area is 228 Å². The van der Waals surface area contributed by atoms with E-state index in [4.69, 9.17) is 5.11 Å². The van der Waals surface area contributed by atoms with Crippen LogP contribution in [0.1, 0.15) is 27.8 Å². The van der Waals surface area contributed by atoms with Crippen molar-refractivity contribution in [1.29, 1.82) is 0 Å². The predicted molar refractivity (Wildman–Crippen MR) is 160 cm³/mol. The smallest absolute Gasteiger partial charge is 0.330 e. The van der Waals surface area contributed by atoms with E-state index >= 15 is 0 Å². The molecule has 0 radical (unpaired) electrons. The molecule has 0 saturated heterocycles. The molecule has 5 nitrogen and oxygen atoms in total. The van der Waals surface area contributed by atoms with Gasteiger partial charge in [-0.05, 0) is 93.9 Å². The van der Waals surface area contributed by atoms with Crippen molar-refractivity contribution >= 4 is 45.6 Å². The zero-order chi connectivity index (χ0) is 28.4. The van der Waals surface area contributed by atoms with Crippen molar-refractivity contribution in [3.63, 3.8) is 0 Å². The summed E-state index contributed by atoms with van der Waals surface area (Å²) in [5, 5.41) is 22.8. The van der Waals surface area contributed by atoms with Crippen molar-refractivity contribution in [2.45, 2.75) is 19.8 Å². The molecule has 2 N–H and O–H groups in total. The highest BCUT2D eigenvalue weighted by atomic mass is 16.5. The molecular formula is C34H32O5. The summed E-state index contributed by atoms with van der Waals surface area (Å²) >= 11 is 0. The monoisotopic (exact) mass is 520 g/mol. The fraction of sp³-hybridized carbons (Fsp3) is 0.118. The van der Waals surface area contributed by atoms with Crippen LogP contribution in [0.5, 0.6) is 5.75 Å². The topological polar surface area (TPSA) is 83.8 Å². The number of aliphatic carboxylic acids is 1. The van der Waals surface area contributed by atoms with E-state index in [0.717, 1.165) is 40.0 Å². The van der Waals surface area contributed by atoms with Crippen molar-refractivity contribution in [3.8, 4) is 5.75 Å². The molecule has 0 spiro atoms. The maximum Gasteiger partial charge on any atom is 0.330 e. The Morgan fingerprint density at radius 2 is 1.33 bits per heavy atom. The third kappa shape index (κ3) is 7.55. The van der Waals surface area contributed by atoms with Crippen LogP contribution in [-0.4, -0.2) is 29.3 Å². The number of aromatic hydroxyl groups is 1. The number of methoxy groups -OCH3 is 1. The molecule has 0 saturated carbocycles. The van der Waals surface area contributed by atoms with Gasteiger partial charge in [-0.2, -0.15) is 0 Å². The SMILES string of the molecule is C=CCc1c(C)ccc2cc(/C=C/C(=O)OC)ccc12.C=CCc1c(O)ccc2cc(/C=C/C(=O)O)ccc12. The lowest BCUT2D eigenvalue weighted by Gasteiger charge is -2.09. The molecule has 0 aliphatic carbocycles. The largest absolute Gasteiger partial charge is 0.508 e. The van der Waals surface area contributed by atoms with Gasteiger partial charge in [-0.1, -0.05) is 54.6 Å². The molecule has 198 valence electrons. The van der Waals surface area contributed by atoms with Crippen LogP contribution in [0.2, 0.25) is 0 Å². The number of phenols is 1. The number of carbonyl (C=O) groups is 2. The van der Waals surface area contributed by atoms with E-state index in [2.05, 4.69) is 49.1 Å². The van der Waals surface area contributed by atoms with Crippen molar-refractivity contribution in [1.82, 2.24) is 0 Å². The maximum atomic E-state index is 11.1. The molecule has 0 aliphatic heterocycles. The average molecular weight is 521 g/mol. The number of rotatable bonds is 8. The predicted octanol–water partition coefficient (Wildman–Crippen LogP) is 7.43. The van der Waals surface area contributed by atoms with Gasteiger partial charge in [0.15, 0.2) is 0 Å². The van der Waals surface area contributed by atoms with Gasteiger partial charge in [-0.3, -0.25) is 0 Å². The molecule has 5 heteroatoms. The number of carboxylic acid groups (broad SMARTS) is 1. The summed E-state index contributed by atoms with van der Waals surface area (Å²) < 4.78 is 4.59. The van der Waals surface area contributed by atoms with Gasteiger partial charge in [0, 0.05) is 17.7 Å². The van der Waals surface area contributed by atoms with Gasteiger partial charge in [-0.15, -0.1) is 13.2 Å². The molecule has 4 rings (SSSR count).